The molecule has 2 rings (SSSR count). The first-order chi connectivity index (χ1) is 10.5. The van der Waals surface area contributed by atoms with Crippen molar-refractivity contribution in [1.82, 2.24) is 4.83 Å². The molecule has 0 fully saturated rings. The topological polar surface area (TPSA) is 67.8 Å². The molecule has 0 atom stereocenters. The molecule has 0 aliphatic heterocycles. The number of nitrogens with one attached hydrogen (secondary N) is 1. The van der Waals surface area contributed by atoms with Gasteiger partial charge in [-0.25, -0.2) is 0 Å². The Morgan fingerprint density at radius 1 is 1.27 bits per heavy atom. The summed E-state index contributed by atoms with van der Waals surface area (Å²) in [5.74, 6) is 0.588. The van der Waals surface area contributed by atoms with E-state index in [0.29, 0.717) is 22.2 Å². The molecule has 0 spiro atoms. The molecule has 2 aromatic rings. The van der Waals surface area contributed by atoms with E-state index in [4.69, 9.17) is 16.3 Å². The normalized spacial score (nSPS) is 12.2. The Hall–Kier alpha value is -1.57. The van der Waals surface area contributed by atoms with Crippen LogP contribution in [0.1, 0.15) is 18.2 Å². The van der Waals surface area contributed by atoms with Crippen LogP contribution in [-0.4, -0.2) is 21.2 Å². The van der Waals surface area contributed by atoms with Gasteiger partial charge in [0.05, 0.1) is 26.9 Å². The quantitative estimate of drug-likeness (QED) is 0.634. The molecule has 1 aromatic carbocycles. The monoisotopic (exact) mass is 358 g/mol. The van der Waals surface area contributed by atoms with E-state index < -0.39 is 10.0 Å². The highest BCUT2D eigenvalue weighted by Gasteiger charge is 2.14. The zero-order valence-electron chi connectivity index (χ0n) is 12.0. The Bertz CT molecular complexity index is 768. The minimum absolute atomic E-state index is 0.122. The second kappa shape index (κ2) is 7.13. The first kappa shape index (κ1) is 16.8. The predicted octanol–water partition coefficient (Wildman–Crippen LogP) is 3.50. The van der Waals surface area contributed by atoms with Crippen molar-refractivity contribution in [2.75, 3.05) is 7.11 Å². The maximum Gasteiger partial charge on any atom is 0.276 e. The van der Waals surface area contributed by atoms with E-state index in [2.05, 4.69) is 9.93 Å². The van der Waals surface area contributed by atoms with Crippen molar-refractivity contribution in [2.24, 2.45) is 5.10 Å². The van der Waals surface area contributed by atoms with E-state index in [1.54, 1.807) is 18.2 Å². The standard InChI is InChI=1S/C14H15ClN2O3S2/c1-3-12(13-8-9-14(15)21-13)16-17-22(18,19)11-6-4-10(20-2)5-7-11/h4-9,17H,3H2,1-2H3/b16-12+. The predicted molar refractivity (Wildman–Crippen MR) is 89.5 cm³/mol. The Kier molecular flexibility index (Phi) is 5.44. The Balaban J connectivity index is 2.21. The molecule has 0 bridgehead atoms. The lowest BCUT2D eigenvalue weighted by Gasteiger charge is -2.06. The van der Waals surface area contributed by atoms with Gasteiger partial charge in [0, 0.05) is 0 Å². The van der Waals surface area contributed by atoms with Gasteiger partial charge in [-0.3, -0.25) is 0 Å². The SMILES string of the molecule is CC/C(=N\NS(=O)(=O)c1ccc(OC)cc1)c1ccc(Cl)s1. The number of ether oxygens (including phenoxy) is 1. The summed E-state index contributed by atoms with van der Waals surface area (Å²) in [6.45, 7) is 1.90. The number of hydrazone groups is 1. The summed E-state index contributed by atoms with van der Waals surface area (Å²) in [6, 6.07) is 9.66. The lowest BCUT2D eigenvalue weighted by molar-refractivity contribution is 0.414. The smallest absolute Gasteiger partial charge is 0.276 e. The van der Waals surface area contributed by atoms with Crippen LogP contribution in [0.15, 0.2) is 46.4 Å². The van der Waals surface area contributed by atoms with E-state index in [9.17, 15) is 8.42 Å². The largest absolute Gasteiger partial charge is 0.497 e. The Labute approximate surface area is 138 Å². The molecule has 0 radical (unpaired) electrons. The lowest BCUT2D eigenvalue weighted by atomic mass is 10.2. The van der Waals surface area contributed by atoms with Gasteiger partial charge < -0.3 is 4.74 Å². The van der Waals surface area contributed by atoms with Crippen LogP contribution >= 0.6 is 22.9 Å². The summed E-state index contributed by atoms with van der Waals surface area (Å²) in [6.07, 6.45) is 0.585. The molecule has 0 saturated carbocycles. The van der Waals surface area contributed by atoms with Crippen LogP contribution in [0.4, 0.5) is 0 Å². The Morgan fingerprint density at radius 3 is 2.45 bits per heavy atom. The average Bonchev–Trinajstić information content (AvgIpc) is 2.94. The molecule has 22 heavy (non-hydrogen) atoms. The molecular weight excluding hydrogens is 344 g/mol. The number of benzene rings is 1. The molecule has 0 saturated heterocycles. The van der Waals surface area contributed by atoms with Gasteiger partial charge in [0.2, 0.25) is 0 Å². The van der Waals surface area contributed by atoms with E-state index in [1.165, 1.54) is 30.6 Å². The summed E-state index contributed by atoms with van der Waals surface area (Å²) in [5, 5.41) is 4.02. The van der Waals surface area contributed by atoms with E-state index in [1.807, 2.05) is 13.0 Å². The zero-order valence-corrected chi connectivity index (χ0v) is 14.4. The van der Waals surface area contributed by atoms with Crippen molar-refractivity contribution in [3.05, 3.63) is 45.6 Å². The minimum atomic E-state index is -3.71. The summed E-state index contributed by atoms with van der Waals surface area (Å²) in [7, 11) is -2.19. The summed E-state index contributed by atoms with van der Waals surface area (Å²) < 4.78 is 30.1. The number of halogens is 1. The fraction of sp³-hybridized carbons (Fsp3) is 0.214. The minimum Gasteiger partial charge on any atom is -0.497 e. The van der Waals surface area contributed by atoms with E-state index in [0.717, 1.165) is 4.88 Å². The second-order valence-corrected chi connectivity index (χ2v) is 7.66. The lowest BCUT2D eigenvalue weighted by Crippen LogP contribution is -2.20. The molecular formula is C14H15ClN2O3S2. The van der Waals surface area contributed by atoms with Gasteiger partial charge in [-0.2, -0.15) is 18.4 Å². The van der Waals surface area contributed by atoms with Crippen molar-refractivity contribution in [2.45, 2.75) is 18.2 Å². The number of nitrogens with zero attached hydrogens (tertiary/aromatic N) is 1. The molecule has 1 heterocycles. The molecule has 1 aromatic heterocycles. The number of thiophene rings is 1. The molecule has 0 aliphatic carbocycles. The van der Waals surface area contributed by atoms with Gasteiger partial charge in [0.15, 0.2) is 0 Å². The number of methoxy groups -OCH3 is 1. The van der Waals surface area contributed by atoms with Crippen LogP contribution in [0.2, 0.25) is 4.34 Å². The third kappa shape index (κ3) is 4.00. The highest BCUT2D eigenvalue weighted by Crippen LogP contribution is 2.23. The number of hydrogen-bond acceptors (Lipinski definition) is 5. The van der Waals surface area contributed by atoms with Gasteiger partial charge in [0.25, 0.3) is 10.0 Å². The van der Waals surface area contributed by atoms with E-state index in [-0.39, 0.29) is 4.90 Å². The van der Waals surface area contributed by atoms with Crippen molar-refractivity contribution < 1.29 is 13.2 Å². The van der Waals surface area contributed by atoms with Crippen molar-refractivity contribution >= 4 is 38.7 Å². The summed E-state index contributed by atoms with van der Waals surface area (Å²) in [4.78, 5) is 3.21. The molecule has 0 amide bonds. The van der Waals surface area contributed by atoms with Gasteiger partial charge in [-0.15, -0.1) is 11.3 Å². The van der Waals surface area contributed by atoms with Gasteiger partial charge in [0.1, 0.15) is 5.75 Å². The van der Waals surface area contributed by atoms with Crippen LogP contribution in [0.3, 0.4) is 0 Å². The Morgan fingerprint density at radius 2 is 1.95 bits per heavy atom. The van der Waals surface area contributed by atoms with Crippen molar-refractivity contribution in [3.63, 3.8) is 0 Å². The maximum atomic E-state index is 12.2. The van der Waals surface area contributed by atoms with Gasteiger partial charge in [-0.05, 0) is 42.8 Å². The van der Waals surface area contributed by atoms with Crippen molar-refractivity contribution in [3.8, 4) is 5.75 Å². The second-order valence-electron chi connectivity index (χ2n) is 4.29. The molecule has 8 heteroatoms. The fourth-order valence-corrected chi connectivity index (χ4v) is 3.63. The molecule has 0 aliphatic rings. The summed E-state index contributed by atoms with van der Waals surface area (Å²) in [5.41, 5.74) is 0.633. The number of rotatable bonds is 6. The molecule has 5 nitrogen and oxygen atoms in total. The molecule has 118 valence electrons. The van der Waals surface area contributed by atoms with Crippen molar-refractivity contribution in [1.29, 1.82) is 0 Å². The zero-order chi connectivity index (χ0) is 16.2. The van der Waals surface area contributed by atoms with Crippen LogP contribution in [0.5, 0.6) is 5.75 Å². The van der Waals surface area contributed by atoms with Crippen LogP contribution in [-0.2, 0) is 10.0 Å². The van der Waals surface area contributed by atoms with Gasteiger partial charge >= 0.3 is 0 Å². The maximum absolute atomic E-state index is 12.2. The summed E-state index contributed by atoms with van der Waals surface area (Å²) >= 11 is 7.24. The highest BCUT2D eigenvalue weighted by atomic mass is 35.5. The van der Waals surface area contributed by atoms with Crippen LogP contribution < -0.4 is 9.57 Å². The number of sulfonamides is 1. The molecule has 1 N–H and O–H groups in total. The fourth-order valence-electron chi connectivity index (χ4n) is 1.70. The van der Waals surface area contributed by atoms with Crippen LogP contribution in [0, 0.1) is 0 Å². The molecule has 0 unspecified atom stereocenters. The van der Waals surface area contributed by atoms with Crippen LogP contribution in [0.25, 0.3) is 0 Å². The average molecular weight is 359 g/mol. The third-order valence-electron chi connectivity index (χ3n) is 2.86. The highest BCUT2D eigenvalue weighted by molar-refractivity contribution is 7.89. The number of hydrogen-bond donors (Lipinski definition) is 1. The third-order valence-corrected chi connectivity index (χ3v) is 5.37. The first-order valence-electron chi connectivity index (χ1n) is 6.44. The van der Waals surface area contributed by atoms with E-state index >= 15 is 0 Å². The first-order valence-corrected chi connectivity index (χ1v) is 9.12. The van der Waals surface area contributed by atoms with Gasteiger partial charge in [-0.1, -0.05) is 18.5 Å².